The third-order valence-corrected chi connectivity index (χ3v) is 6.85. The van der Waals surface area contributed by atoms with E-state index in [9.17, 15) is 13.2 Å². The maximum atomic E-state index is 12.2. The molecule has 0 saturated carbocycles. The van der Waals surface area contributed by atoms with Crippen LogP contribution >= 0.6 is 0 Å². The number of carbonyl (C=O) groups is 1. The van der Waals surface area contributed by atoms with Gasteiger partial charge in [-0.05, 0) is 55.8 Å². The second-order valence-electron chi connectivity index (χ2n) is 7.90. The fraction of sp³-hybridized carbons (Fsp3) is 0.684. The normalized spacial score (nSPS) is 21.0. The molecule has 1 aromatic heterocycles. The summed E-state index contributed by atoms with van der Waals surface area (Å²) in [6.45, 7) is 4.68. The zero-order valence-corrected chi connectivity index (χ0v) is 16.4. The van der Waals surface area contributed by atoms with E-state index in [1.165, 1.54) is 24.7 Å². The number of hydrogen-bond donors (Lipinski definition) is 0. The van der Waals surface area contributed by atoms with Crippen LogP contribution in [0.3, 0.4) is 0 Å². The van der Waals surface area contributed by atoms with Crippen LogP contribution in [0.25, 0.3) is 0 Å². The molecule has 1 aromatic rings. The highest BCUT2D eigenvalue weighted by Gasteiger charge is 2.38. The van der Waals surface area contributed by atoms with E-state index in [2.05, 4.69) is 16.0 Å². The monoisotopic (exact) mass is 379 g/mol. The fourth-order valence-corrected chi connectivity index (χ4v) is 4.64. The molecule has 144 valence electrons. The number of nitrogens with zero attached hydrogens (tertiary/aromatic N) is 3. The van der Waals surface area contributed by atoms with Gasteiger partial charge in [0, 0.05) is 44.7 Å². The number of amides is 1. The minimum absolute atomic E-state index is 0.0145. The first kappa shape index (κ1) is 19.3. The third kappa shape index (κ3) is 5.27. The zero-order valence-electron chi connectivity index (χ0n) is 15.6. The number of piperidine rings is 2. The Morgan fingerprint density at radius 1 is 1.15 bits per heavy atom. The average Bonchev–Trinajstić information content (AvgIpc) is 2.63. The molecule has 2 saturated heterocycles. The van der Waals surface area contributed by atoms with E-state index in [-0.39, 0.29) is 18.1 Å². The van der Waals surface area contributed by atoms with Gasteiger partial charge in [0.25, 0.3) is 0 Å². The first-order chi connectivity index (χ1) is 12.4. The summed E-state index contributed by atoms with van der Waals surface area (Å²) in [6, 6.07) is 4.11. The van der Waals surface area contributed by atoms with Crippen LogP contribution in [-0.2, 0) is 21.2 Å². The zero-order chi connectivity index (χ0) is 18.6. The van der Waals surface area contributed by atoms with Crippen molar-refractivity contribution in [2.24, 2.45) is 5.41 Å². The molecule has 1 amide bonds. The fourth-order valence-electron chi connectivity index (χ4n) is 4.10. The molecule has 2 aliphatic rings. The molecule has 0 N–H and O–H groups in total. The lowest BCUT2D eigenvalue weighted by atomic mass is 9.71. The molecule has 0 aromatic carbocycles. The van der Waals surface area contributed by atoms with Crippen molar-refractivity contribution in [2.75, 3.05) is 38.2 Å². The summed E-state index contributed by atoms with van der Waals surface area (Å²) in [6.07, 6.45) is 9.48. The molecule has 0 aliphatic carbocycles. The quantitative estimate of drug-likeness (QED) is 0.779. The predicted molar refractivity (Wildman–Crippen MR) is 101 cm³/mol. The maximum absolute atomic E-state index is 12.2. The number of sulfone groups is 1. The van der Waals surface area contributed by atoms with Gasteiger partial charge in [-0.1, -0.05) is 6.07 Å². The minimum atomic E-state index is -3.07. The summed E-state index contributed by atoms with van der Waals surface area (Å²) in [5, 5.41) is 0. The topological polar surface area (TPSA) is 70.6 Å². The molecule has 7 heteroatoms. The largest absolute Gasteiger partial charge is 0.343 e. The Labute approximate surface area is 156 Å². The van der Waals surface area contributed by atoms with Crippen molar-refractivity contribution in [3.63, 3.8) is 0 Å². The summed E-state index contributed by atoms with van der Waals surface area (Å²) < 4.78 is 22.5. The highest BCUT2D eigenvalue weighted by Crippen LogP contribution is 2.41. The number of aromatic nitrogens is 1. The summed E-state index contributed by atoms with van der Waals surface area (Å²) in [7, 11) is -3.07. The van der Waals surface area contributed by atoms with E-state index in [1.807, 2.05) is 17.2 Å². The molecule has 26 heavy (non-hydrogen) atoms. The summed E-state index contributed by atoms with van der Waals surface area (Å²) >= 11 is 0. The van der Waals surface area contributed by atoms with E-state index >= 15 is 0 Å². The van der Waals surface area contributed by atoms with Crippen molar-refractivity contribution in [2.45, 2.75) is 38.6 Å². The molecule has 6 nitrogen and oxygen atoms in total. The van der Waals surface area contributed by atoms with Crippen molar-refractivity contribution < 1.29 is 13.2 Å². The van der Waals surface area contributed by atoms with Crippen molar-refractivity contribution in [3.05, 3.63) is 30.1 Å². The predicted octanol–water partition coefficient (Wildman–Crippen LogP) is 1.72. The number of carbonyl (C=O) groups excluding carboxylic acids is 1. The van der Waals surface area contributed by atoms with Crippen molar-refractivity contribution in [1.82, 2.24) is 14.8 Å². The maximum Gasteiger partial charge on any atom is 0.223 e. The molecule has 0 unspecified atom stereocenters. The Kier molecular flexibility index (Phi) is 5.97. The van der Waals surface area contributed by atoms with E-state index in [1.54, 1.807) is 6.20 Å². The van der Waals surface area contributed by atoms with Gasteiger partial charge in [-0.3, -0.25) is 14.7 Å². The summed E-state index contributed by atoms with van der Waals surface area (Å²) in [5.41, 5.74) is 1.62. The van der Waals surface area contributed by atoms with Gasteiger partial charge in [-0.15, -0.1) is 0 Å². The van der Waals surface area contributed by atoms with Crippen LogP contribution in [0.4, 0.5) is 0 Å². The molecule has 3 rings (SSSR count). The van der Waals surface area contributed by atoms with Crippen molar-refractivity contribution >= 4 is 15.7 Å². The van der Waals surface area contributed by atoms with Crippen LogP contribution in [0.5, 0.6) is 0 Å². The van der Waals surface area contributed by atoms with Gasteiger partial charge in [0.2, 0.25) is 5.91 Å². The summed E-state index contributed by atoms with van der Waals surface area (Å²) in [5.74, 6) is -0.0594. The molecule has 2 aliphatic heterocycles. The Balaban J connectivity index is 1.44. The van der Waals surface area contributed by atoms with E-state index in [0.29, 0.717) is 5.41 Å². The van der Waals surface area contributed by atoms with Gasteiger partial charge in [-0.25, -0.2) is 8.42 Å². The van der Waals surface area contributed by atoms with Crippen molar-refractivity contribution in [3.8, 4) is 0 Å². The molecule has 2 fully saturated rings. The Morgan fingerprint density at radius 2 is 1.81 bits per heavy atom. The van der Waals surface area contributed by atoms with E-state index < -0.39 is 9.84 Å². The molecule has 0 bridgehead atoms. The van der Waals surface area contributed by atoms with Gasteiger partial charge in [0.05, 0.1) is 5.75 Å². The Morgan fingerprint density at radius 3 is 2.38 bits per heavy atom. The van der Waals surface area contributed by atoms with Gasteiger partial charge >= 0.3 is 0 Å². The first-order valence-corrected chi connectivity index (χ1v) is 11.5. The van der Waals surface area contributed by atoms with Crippen LogP contribution in [-0.4, -0.2) is 67.3 Å². The SMILES string of the molecule is CS(=O)(=O)CCC(=O)N1CCC2(CCN(Cc3cccnc3)CC2)CC1. The number of hydrogen-bond acceptors (Lipinski definition) is 5. The average molecular weight is 380 g/mol. The van der Waals surface area contributed by atoms with Crippen LogP contribution in [0.2, 0.25) is 0 Å². The van der Waals surface area contributed by atoms with Crippen LogP contribution in [0.15, 0.2) is 24.5 Å². The Hall–Kier alpha value is -1.47. The van der Waals surface area contributed by atoms with Crippen molar-refractivity contribution in [1.29, 1.82) is 0 Å². The second kappa shape index (κ2) is 8.05. The molecule has 3 heterocycles. The number of pyridine rings is 1. The van der Waals surface area contributed by atoms with Gasteiger partial charge in [0.15, 0.2) is 0 Å². The van der Waals surface area contributed by atoms with Crippen LogP contribution < -0.4 is 0 Å². The van der Waals surface area contributed by atoms with Crippen LogP contribution in [0.1, 0.15) is 37.7 Å². The van der Waals surface area contributed by atoms with Crippen LogP contribution in [0, 0.1) is 5.41 Å². The van der Waals surface area contributed by atoms with E-state index in [4.69, 9.17) is 0 Å². The minimum Gasteiger partial charge on any atom is -0.343 e. The standard InChI is InChI=1S/C19H29N3O3S/c1-26(24,25)14-4-18(23)22-12-7-19(8-13-22)5-10-21(11-6-19)16-17-3-2-9-20-15-17/h2-3,9,15H,4-8,10-14,16H2,1H3. The highest BCUT2D eigenvalue weighted by molar-refractivity contribution is 7.90. The summed E-state index contributed by atoms with van der Waals surface area (Å²) in [4.78, 5) is 20.8. The van der Waals surface area contributed by atoms with Gasteiger partial charge in [-0.2, -0.15) is 0 Å². The number of rotatable bonds is 5. The first-order valence-electron chi connectivity index (χ1n) is 9.42. The molecule has 0 radical (unpaired) electrons. The van der Waals surface area contributed by atoms with Gasteiger partial charge in [0.1, 0.15) is 9.84 Å². The number of likely N-dealkylation sites (tertiary alicyclic amines) is 2. The Bertz CT molecular complexity index is 703. The lowest BCUT2D eigenvalue weighted by Crippen LogP contribution is -2.48. The smallest absolute Gasteiger partial charge is 0.223 e. The second-order valence-corrected chi connectivity index (χ2v) is 10.2. The lowest BCUT2D eigenvalue weighted by molar-refractivity contribution is -0.133. The molecular weight excluding hydrogens is 350 g/mol. The molecule has 1 spiro atoms. The molecular formula is C19H29N3O3S. The van der Waals surface area contributed by atoms with Gasteiger partial charge < -0.3 is 4.90 Å². The third-order valence-electron chi connectivity index (χ3n) is 5.91. The van der Waals surface area contributed by atoms with E-state index in [0.717, 1.165) is 45.6 Å². The highest BCUT2D eigenvalue weighted by atomic mass is 32.2. The lowest BCUT2D eigenvalue weighted by Gasteiger charge is -2.47. The molecule has 0 atom stereocenters.